The monoisotopic (exact) mass is 362 g/mol. The molecule has 2 aromatic carbocycles. The van der Waals surface area contributed by atoms with Crippen LogP contribution in [0.3, 0.4) is 0 Å². The average Bonchev–Trinajstić information content (AvgIpc) is 2.54. The van der Waals surface area contributed by atoms with Crippen LogP contribution in [-0.2, 0) is 9.63 Å². The Hall–Kier alpha value is -2.04. The molecule has 0 aromatic heterocycles. The lowest BCUT2D eigenvalue weighted by atomic mass is 10.1. The van der Waals surface area contributed by atoms with Crippen LogP contribution in [0.1, 0.15) is 24.0 Å². The Balaban J connectivity index is 0.00000312. The van der Waals surface area contributed by atoms with Crippen molar-refractivity contribution in [2.75, 3.05) is 25.7 Å². The number of hydrogen-bond donors (Lipinski definition) is 0. The first-order chi connectivity index (χ1) is 11.5. The molecular formula is C20H27ClN2O2. The smallest absolute Gasteiger partial charge is 0.332 e. The summed E-state index contributed by atoms with van der Waals surface area (Å²) in [4.78, 5) is 20.1. The molecule has 0 atom stereocenters. The minimum Gasteiger partial charge on any atom is -0.336 e. The molecule has 0 unspecified atom stereocenters. The quantitative estimate of drug-likeness (QED) is 0.670. The third-order valence-corrected chi connectivity index (χ3v) is 3.85. The van der Waals surface area contributed by atoms with Crippen molar-refractivity contribution in [1.82, 2.24) is 4.90 Å². The number of carbonyl (C=O) groups is 1. The number of benzene rings is 2. The van der Waals surface area contributed by atoms with Gasteiger partial charge in [0.05, 0.1) is 11.4 Å². The third kappa shape index (κ3) is 6.07. The van der Waals surface area contributed by atoms with Crippen LogP contribution in [0, 0.1) is 13.8 Å². The van der Waals surface area contributed by atoms with Crippen LogP contribution in [0.15, 0.2) is 48.5 Å². The van der Waals surface area contributed by atoms with Gasteiger partial charge in [-0.2, -0.15) is 5.06 Å². The number of carbonyl (C=O) groups excluding carboxylic acids is 1. The highest BCUT2D eigenvalue weighted by atomic mass is 35.5. The van der Waals surface area contributed by atoms with E-state index in [0.717, 1.165) is 35.5 Å². The van der Waals surface area contributed by atoms with E-state index >= 15 is 0 Å². The summed E-state index contributed by atoms with van der Waals surface area (Å²) in [6.45, 7) is 4.89. The molecule has 0 aliphatic heterocycles. The van der Waals surface area contributed by atoms with E-state index in [2.05, 4.69) is 4.90 Å². The SMILES string of the molecule is Cc1ccccc1N(OC(=O)CCCN(C)C)c1ccccc1C.Cl. The third-order valence-electron chi connectivity index (χ3n) is 3.85. The van der Waals surface area contributed by atoms with Crippen molar-refractivity contribution in [1.29, 1.82) is 0 Å². The molecule has 5 heteroatoms. The zero-order chi connectivity index (χ0) is 17.5. The Morgan fingerprint density at radius 1 is 0.920 bits per heavy atom. The molecule has 0 fully saturated rings. The average molecular weight is 363 g/mol. The Morgan fingerprint density at radius 2 is 1.40 bits per heavy atom. The van der Waals surface area contributed by atoms with Gasteiger partial charge in [0.1, 0.15) is 0 Å². The zero-order valence-corrected chi connectivity index (χ0v) is 16.2. The summed E-state index contributed by atoms with van der Waals surface area (Å²) in [5, 5.41) is 1.66. The Morgan fingerprint density at radius 3 is 1.84 bits per heavy atom. The topological polar surface area (TPSA) is 32.8 Å². The molecule has 0 saturated heterocycles. The van der Waals surface area contributed by atoms with Crippen LogP contribution < -0.4 is 5.06 Å². The molecule has 2 aromatic rings. The molecule has 0 spiro atoms. The second kappa shape index (κ2) is 10.1. The van der Waals surface area contributed by atoms with E-state index in [1.54, 1.807) is 5.06 Å². The van der Waals surface area contributed by atoms with Gasteiger partial charge >= 0.3 is 5.97 Å². The van der Waals surface area contributed by atoms with E-state index in [1.165, 1.54) is 0 Å². The van der Waals surface area contributed by atoms with E-state index in [-0.39, 0.29) is 18.4 Å². The number of nitrogens with zero attached hydrogens (tertiary/aromatic N) is 2. The predicted molar refractivity (Wildman–Crippen MR) is 106 cm³/mol. The summed E-state index contributed by atoms with van der Waals surface area (Å²) in [6, 6.07) is 15.8. The van der Waals surface area contributed by atoms with Crippen molar-refractivity contribution in [3.63, 3.8) is 0 Å². The minimum absolute atomic E-state index is 0. The van der Waals surface area contributed by atoms with Crippen LogP contribution in [-0.4, -0.2) is 31.5 Å². The van der Waals surface area contributed by atoms with Gasteiger partial charge in [-0.3, -0.25) is 0 Å². The van der Waals surface area contributed by atoms with E-state index in [9.17, 15) is 4.79 Å². The number of aryl methyl sites for hydroxylation is 2. The lowest BCUT2D eigenvalue weighted by molar-refractivity contribution is -0.143. The van der Waals surface area contributed by atoms with Gasteiger partial charge < -0.3 is 9.74 Å². The van der Waals surface area contributed by atoms with Crippen molar-refractivity contribution in [3.8, 4) is 0 Å². The standard InChI is InChI=1S/C20H26N2O2.ClH/c1-16-10-5-7-12-18(16)22(19-13-8-6-11-17(19)2)24-20(23)14-9-15-21(3)4;/h5-8,10-13H,9,14-15H2,1-4H3;1H. The fourth-order valence-corrected chi connectivity index (χ4v) is 2.50. The van der Waals surface area contributed by atoms with Crippen LogP contribution in [0.4, 0.5) is 11.4 Å². The van der Waals surface area contributed by atoms with E-state index in [0.29, 0.717) is 6.42 Å². The van der Waals surface area contributed by atoms with Gasteiger partial charge in [0, 0.05) is 6.42 Å². The van der Waals surface area contributed by atoms with Crippen molar-refractivity contribution < 1.29 is 9.63 Å². The molecule has 0 aliphatic rings. The summed E-state index contributed by atoms with van der Waals surface area (Å²) in [7, 11) is 4.00. The summed E-state index contributed by atoms with van der Waals surface area (Å²) in [5.41, 5.74) is 3.88. The molecule has 4 nitrogen and oxygen atoms in total. The number of halogens is 1. The molecule has 136 valence electrons. The van der Waals surface area contributed by atoms with E-state index in [4.69, 9.17) is 4.84 Å². The molecule has 2 rings (SSSR count). The normalized spacial score (nSPS) is 10.3. The summed E-state index contributed by atoms with van der Waals surface area (Å²) < 4.78 is 0. The van der Waals surface area contributed by atoms with Gasteiger partial charge in [0.2, 0.25) is 0 Å². The van der Waals surface area contributed by atoms with Crippen LogP contribution in [0.5, 0.6) is 0 Å². The minimum atomic E-state index is -0.219. The number of rotatable bonds is 7. The van der Waals surface area contributed by atoms with Gasteiger partial charge in [0.25, 0.3) is 0 Å². The molecule has 0 amide bonds. The molecule has 0 bridgehead atoms. The first kappa shape index (κ1) is 21.0. The Kier molecular flexibility index (Phi) is 8.46. The maximum atomic E-state index is 12.3. The van der Waals surface area contributed by atoms with Gasteiger partial charge in [0.15, 0.2) is 0 Å². The van der Waals surface area contributed by atoms with Crippen molar-refractivity contribution in [2.24, 2.45) is 0 Å². The summed E-state index contributed by atoms with van der Waals surface area (Å²) in [5.74, 6) is -0.219. The fraction of sp³-hybridized carbons (Fsp3) is 0.350. The molecule has 0 heterocycles. The van der Waals surface area contributed by atoms with Crippen molar-refractivity contribution in [3.05, 3.63) is 59.7 Å². The van der Waals surface area contributed by atoms with Gasteiger partial charge in [-0.15, -0.1) is 12.4 Å². The van der Waals surface area contributed by atoms with Crippen LogP contribution >= 0.6 is 12.4 Å². The molecule has 0 radical (unpaired) electrons. The van der Waals surface area contributed by atoms with Crippen molar-refractivity contribution in [2.45, 2.75) is 26.7 Å². The van der Waals surface area contributed by atoms with E-state index in [1.807, 2.05) is 76.5 Å². The number of anilines is 2. The predicted octanol–water partition coefficient (Wildman–Crippen LogP) is 4.66. The molecule has 25 heavy (non-hydrogen) atoms. The highest BCUT2D eigenvalue weighted by Gasteiger charge is 2.18. The number of para-hydroxylation sites is 2. The molecule has 0 N–H and O–H groups in total. The molecule has 0 aliphatic carbocycles. The lowest BCUT2D eigenvalue weighted by Crippen LogP contribution is -2.24. The second-order valence-corrected chi connectivity index (χ2v) is 6.24. The fourth-order valence-electron chi connectivity index (χ4n) is 2.50. The largest absolute Gasteiger partial charge is 0.336 e. The highest BCUT2D eigenvalue weighted by molar-refractivity contribution is 5.85. The zero-order valence-electron chi connectivity index (χ0n) is 15.4. The first-order valence-corrected chi connectivity index (χ1v) is 8.26. The highest BCUT2D eigenvalue weighted by Crippen LogP contribution is 2.31. The summed E-state index contributed by atoms with van der Waals surface area (Å²) in [6.07, 6.45) is 1.17. The first-order valence-electron chi connectivity index (χ1n) is 8.26. The molecular weight excluding hydrogens is 336 g/mol. The van der Waals surface area contributed by atoms with Crippen molar-refractivity contribution >= 4 is 29.8 Å². The number of hydrogen-bond acceptors (Lipinski definition) is 4. The van der Waals surface area contributed by atoms with Gasteiger partial charge in [-0.1, -0.05) is 36.4 Å². The lowest BCUT2D eigenvalue weighted by Gasteiger charge is -2.26. The maximum absolute atomic E-state index is 12.3. The van der Waals surface area contributed by atoms with Gasteiger partial charge in [-0.25, -0.2) is 4.79 Å². The second-order valence-electron chi connectivity index (χ2n) is 6.24. The Bertz CT molecular complexity index is 643. The Labute approximate surface area is 156 Å². The molecule has 0 saturated carbocycles. The van der Waals surface area contributed by atoms with Gasteiger partial charge in [-0.05, 0) is 64.2 Å². The maximum Gasteiger partial charge on any atom is 0.332 e. The van der Waals surface area contributed by atoms with E-state index < -0.39 is 0 Å². The van der Waals surface area contributed by atoms with Crippen LogP contribution in [0.25, 0.3) is 0 Å². The summed E-state index contributed by atoms with van der Waals surface area (Å²) >= 11 is 0. The van der Waals surface area contributed by atoms with Crippen LogP contribution in [0.2, 0.25) is 0 Å².